The molecule has 0 spiro atoms. The van der Waals surface area contributed by atoms with Crippen LogP contribution in [-0.2, 0) is 6.42 Å². The van der Waals surface area contributed by atoms with Crippen LogP contribution >= 0.6 is 11.3 Å². The standard InChI is InChI=1S/C10H14N2S/c1-4-7(2)5-10-9(6-11)12-8(3)13-10/h6,11H,2,4-5H2,1,3H3. The van der Waals surface area contributed by atoms with E-state index in [4.69, 9.17) is 5.41 Å². The highest BCUT2D eigenvalue weighted by atomic mass is 32.1. The van der Waals surface area contributed by atoms with Crippen LogP contribution in [0.5, 0.6) is 0 Å². The second-order valence-corrected chi connectivity index (χ2v) is 4.25. The van der Waals surface area contributed by atoms with Gasteiger partial charge in [0.2, 0.25) is 0 Å². The van der Waals surface area contributed by atoms with E-state index in [9.17, 15) is 0 Å². The van der Waals surface area contributed by atoms with Gasteiger partial charge in [-0.25, -0.2) is 4.98 Å². The van der Waals surface area contributed by atoms with Crippen molar-refractivity contribution in [1.82, 2.24) is 4.98 Å². The highest BCUT2D eigenvalue weighted by Gasteiger charge is 2.06. The summed E-state index contributed by atoms with van der Waals surface area (Å²) in [7, 11) is 0. The molecule has 0 aromatic carbocycles. The van der Waals surface area contributed by atoms with Gasteiger partial charge in [-0.15, -0.1) is 11.3 Å². The fourth-order valence-electron chi connectivity index (χ4n) is 1.08. The smallest absolute Gasteiger partial charge is 0.0952 e. The van der Waals surface area contributed by atoms with Gasteiger partial charge in [-0.1, -0.05) is 19.1 Å². The molecule has 0 aliphatic heterocycles. The summed E-state index contributed by atoms with van der Waals surface area (Å²) < 4.78 is 0. The third-order valence-corrected chi connectivity index (χ3v) is 2.87. The lowest BCUT2D eigenvalue weighted by Crippen LogP contribution is -1.90. The minimum atomic E-state index is 0.803. The van der Waals surface area contributed by atoms with Crippen LogP contribution in [0.15, 0.2) is 12.2 Å². The van der Waals surface area contributed by atoms with E-state index < -0.39 is 0 Å². The van der Waals surface area contributed by atoms with E-state index in [0.717, 1.165) is 23.5 Å². The number of rotatable bonds is 4. The first kappa shape index (κ1) is 10.1. The Labute approximate surface area is 82.8 Å². The molecule has 1 aromatic rings. The largest absolute Gasteiger partial charge is 0.306 e. The van der Waals surface area contributed by atoms with E-state index in [1.165, 1.54) is 16.7 Å². The summed E-state index contributed by atoms with van der Waals surface area (Å²) in [4.78, 5) is 5.42. The second kappa shape index (κ2) is 4.33. The van der Waals surface area contributed by atoms with Crippen molar-refractivity contribution in [3.05, 3.63) is 27.7 Å². The van der Waals surface area contributed by atoms with Crippen molar-refractivity contribution < 1.29 is 0 Å². The predicted molar refractivity (Wildman–Crippen MR) is 57.9 cm³/mol. The molecule has 0 atom stereocenters. The lowest BCUT2D eigenvalue weighted by molar-refractivity contribution is 1.02. The molecule has 0 bridgehead atoms. The maximum Gasteiger partial charge on any atom is 0.0952 e. The van der Waals surface area contributed by atoms with Gasteiger partial charge in [-0.3, -0.25) is 0 Å². The molecule has 3 heteroatoms. The monoisotopic (exact) mass is 194 g/mol. The van der Waals surface area contributed by atoms with Gasteiger partial charge in [0, 0.05) is 17.5 Å². The fourth-order valence-corrected chi connectivity index (χ4v) is 2.06. The van der Waals surface area contributed by atoms with E-state index >= 15 is 0 Å². The van der Waals surface area contributed by atoms with Crippen molar-refractivity contribution in [2.24, 2.45) is 0 Å². The molecule has 0 amide bonds. The number of hydrogen-bond acceptors (Lipinski definition) is 3. The van der Waals surface area contributed by atoms with Crippen LogP contribution in [0.4, 0.5) is 0 Å². The predicted octanol–water partition coefficient (Wildman–Crippen LogP) is 2.96. The molecule has 0 aliphatic rings. The zero-order valence-corrected chi connectivity index (χ0v) is 8.87. The quantitative estimate of drug-likeness (QED) is 0.580. The molecule has 1 heterocycles. The van der Waals surface area contributed by atoms with Crippen LogP contribution in [0, 0.1) is 12.3 Å². The van der Waals surface area contributed by atoms with E-state index in [-0.39, 0.29) is 0 Å². The molecule has 0 saturated heterocycles. The molecule has 1 rings (SSSR count). The van der Waals surface area contributed by atoms with Gasteiger partial charge in [-0.05, 0) is 13.3 Å². The summed E-state index contributed by atoms with van der Waals surface area (Å²) >= 11 is 1.66. The molecule has 0 fully saturated rings. The third-order valence-electron chi connectivity index (χ3n) is 1.88. The van der Waals surface area contributed by atoms with Crippen LogP contribution in [0.1, 0.15) is 28.9 Å². The van der Waals surface area contributed by atoms with E-state index in [0.29, 0.717) is 0 Å². The summed E-state index contributed by atoms with van der Waals surface area (Å²) in [6, 6.07) is 0. The van der Waals surface area contributed by atoms with Gasteiger partial charge in [0.05, 0.1) is 10.7 Å². The van der Waals surface area contributed by atoms with Gasteiger partial charge in [0.1, 0.15) is 0 Å². The Morgan fingerprint density at radius 2 is 2.38 bits per heavy atom. The van der Waals surface area contributed by atoms with Gasteiger partial charge in [0.25, 0.3) is 0 Å². The summed E-state index contributed by atoms with van der Waals surface area (Å²) in [5.74, 6) is 0. The van der Waals surface area contributed by atoms with Crippen molar-refractivity contribution in [3.63, 3.8) is 0 Å². The zero-order chi connectivity index (χ0) is 9.84. The molecule has 1 N–H and O–H groups in total. The van der Waals surface area contributed by atoms with Gasteiger partial charge < -0.3 is 5.41 Å². The molecule has 0 aliphatic carbocycles. The molecule has 0 radical (unpaired) electrons. The van der Waals surface area contributed by atoms with Crippen LogP contribution in [-0.4, -0.2) is 11.2 Å². The first-order valence-electron chi connectivity index (χ1n) is 4.30. The number of aromatic nitrogens is 1. The molecule has 0 unspecified atom stereocenters. The summed E-state index contributed by atoms with van der Waals surface area (Å²) in [5, 5.41) is 8.21. The Kier molecular flexibility index (Phi) is 3.37. The minimum Gasteiger partial charge on any atom is -0.306 e. The first-order chi connectivity index (χ1) is 6.17. The molecule has 1 aromatic heterocycles. The molecular weight excluding hydrogens is 180 g/mol. The van der Waals surface area contributed by atoms with Gasteiger partial charge in [-0.2, -0.15) is 0 Å². The zero-order valence-electron chi connectivity index (χ0n) is 8.05. The van der Waals surface area contributed by atoms with Crippen molar-refractivity contribution in [2.45, 2.75) is 26.7 Å². The maximum absolute atomic E-state index is 7.19. The average molecular weight is 194 g/mol. The molecule has 2 nitrogen and oxygen atoms in total. The second-order valence-electron chi connectivity index (χ2n) is 2.97. The van der Waals surface area contributed by atoms with E-state index in [1.807, 2.05) is 6.92 Å². The third kappa shape index (κ3) is 2.49. The SMILES string of the molecule is C=C(CC)Cc1sc(C)nc1C=N. The van der Waals surface area contributed by atoms with Crippen LogP contribution < -0.4 is 0 Å². The summed E-state index contributed by atoms with van der Waals surface area (Å²) in [6.07, 6.45) is 3.18. The first-order valence-corrected chi connectivity index (χ1v) is 5.12. The van der Waals surface area contributed by atoms with Crippen LogP contribution in [0.25, 0.3) is 0 Å². The Morgan fingerprint density at radius 3 is 2.92 bits per heavy atom. The van der Waals surface area contributed by atoms with Crippen molar-refractivity contribution in [3.8, 4) is 0 Å². The van der Waals surface area contributed by atoms with E-state index in [2.05, 4.69) is 18.5 Å². The molecular formula is C10H14N2S. The van der Waals surface area contributed by atoms with Gasteiger partial charge in [0.15, 0.2) is 0 Å². The average Bonchev–Trinajstić information content (AvgIpc) is 2.46. The van der Waals surface area contributed by atoms with Crippen molar-refractivity contribution in [2.75, 3.05) is 0 Å². The highest BCUT2D eigenvalue weighted by molar-refractivity contribution is 7.11. The number of hydrogen-bond donors (Lipinski definition) is 1. The number of allylic oxidation sites excluding steroid dienone is 1. The van der Waals surface area contributed by atoms with Crippen molar-refractivity contribution >= 4 is 17.6 Å². The Hall–Kier alpha value is -0.960. The number of nitrogens with zero attached hydrogens (tertiary/aromatic N) is 1. The lowest BCUT2D eigenvalue weighted by Gasteiger charge is -1.99. The van der Waals surface area contributed by atoms with Crippen LogP contribution in [0.3, 0.4) is 0 Å². The van der Waals surface area contributed by atoms with Gasteiger partial charge >= 0.3 is 0 Å². The highest BCUT2D eigenvalue weighted by Crippen LogP contribution is 2.20. The van der Waals surface area contributed by atoms with Crippen LogP contribution in [0.2, 0.25) is 0 Å². The summed E-state index contributed by atoms with van der Waals surface area (Å²) in [6.45, 7) is 8.02. The molecule has 13 heavy (non-hydrogen) atoms. The fraction of sp³-hybridized carbons (Fsp3) is 0.400. The normalized spacial score (nSPS) is 10.0. The number of aryl methyl sites for hydroxylation is 1. The Balaban J connectivity index is 2.86. The maximum atomic E-state index is 7.19. The van der Waals surface area contributed by atoms with Crippen molar-refractivity contribution in [1.29, 1.82) is 5.41 Å². The Bertz CT molecular complexity index is 326. The molecule has 0 saturated carbocycles. The molecule has 70 valence electrons. The van der Waals surface area contributed by atoms with E-state index in [1.54, 1.807) is 11.3 Å². The topological polar surface area (TPSA) is 36.7 Å². The number of nitrogens with one attached hydrogen (secondary N) is 1. The lowest BCUT2D eigenvalue weighted by atomic mass is 10.1. The Morgan fingerprint density at radius 1 is 1.69 bits per heavy atom. The summed E-state index contributed by atoms with van der Waals surface area (Å²) in [5.41, 5.74) is 2.00. The minimum absolute atomic E-state index is 0.803. The number of thiazole rings is 1.